The molecule has 4 nitrogen and oxygen atoms in total. The number of anilines is 2. The van der Waals surface area contributed by atoms with Crippen LogP contribution in [0.25, 0.3) is 0 Å². The molecule has 0 spiro atoms. The molecule has 0 saturated carbocycles. The van der Waals surface area contributed by atoms with Gasteiger partial charge in [-0.3, -0.25) is 0 Å². The average Bonchev–Trinajstić information content (AvgIpc) is 2.13. The van der Waals surface area contributed by atoms with Gasteiger partial charge in [0.15, 0.2) is 0 Å². The highest BCUT2D eigenvalue weighted by Crippen LogP contribution is 2.14. The summed E-state index contributed by atoms with van der Waals surface area (Å²) in [6.07, 6.45) is 1.70. The summed E-state index contributed by atoms with van der Waals surface area (Å²) in [6.45, 7) is 9.58. The third kappa shape index (κ3) is 3.38. The van der Waals surface area contributed by atoms with E-state index >= 15 is 0 Å². The Hall–Kier alpha value is -1.32. The molecule has 0 aliphatic carbocycles. The minimum atomic E-state index is 0.384. The second kappa shape index (κ2) is 4.96. The predicted molar refractivity (Wildman–Crippen MR) is 63.8 cm³/mol. The van der Waals surface area contributed by atoms with Crippen molar-refractivity contribution in [2.75, 3.05) is 17.2 Å². The number of nitrogens with two attached hydrogens (primary N) is 1. The van der Waals surface area contributed by atoms with Crippen molar-refractivity contribution in [3.8, 4) is 0 Å². The SMILES string of the molecule is CC(C)CN(c1nccc(N)n1)C(C)C. The first-order valence-electron chi connectivity index (χ1n) is 5.36. The molecule has 2 N–H and O–H groups in total. The van der Waals surface area contributed by atoms with Gasteiger partial charge in [0.1, 0.15) is 5.82 Å². The van der Waals surface area contributed by atoms with Crippen LogP contribution in [0, 0.1) is 5.92 Å². The first-order chi connectivity index (χ1) is 7.00. The Labute approximate surface area is 91.5 Å². The highest BCUT2D eigenvalue weighted by molar-refractivity contribution is 5.38. The molecule has 0 fully saturated rings. The smallest absolute Gasteiger partial charge is 0.227 e. The first-order valence-corrected chi connectivity index (χ1v) is 5.36. The number of rotatable bonds is 4. The van der Waals surface area contributed by atoms with Crippen LogP contribution >= 0.6 is 0 Å². The van der Waals surface area contributed by atoms with Crippen molar-refractivity contribution in [2.24, 2.45) is 5.92 Å². The minimum absolute atomic E-state index is 0.384. The van der Waals surface area contributed by atoms with Crippen LogP contribution < -0.4 is 10.6 Å². The van der Waals surface area contributed by atoms with Crippen molar-refractivity contribution >= 4 is 11.8 Å². The van der Waals surface area contributed by atoms with Gasteiger partial charge in [0.05, 0.1) is 0 Å². The van der Waals surface area contributed by atoms with E-state index in [0.29, 0.717) is 17.8 Å². The Bertz CT molecular complexity index is 309. The van der Waals surface area contributed by atoms with Crippen molar-refractivity contribution in [3.05, 3.63) is 12.3 Å². The van der Waals surface area contributed by atoms with E-state index < -0.39 is 0 Å². The summed E-state index contributed by atoms with van der Waals surface area (Å²) in [4.78, 5) is 10.7. The van der Waals surface area contributed by atoms with Crippen molar-refractivity contribution in [2.45, 2.75) is 33.7 Å². The van der Waals surface area contributed by atoms with Crippen LogP contribution in [0.5, 0.6) is 0 Å². The molecule has 0 amide bonds. The lowest BCUT2D eigenvalue weighted by atomic mass is 10.2. The molecule has 0 saturated heterocycles. The maximum Gasteiger partial charge on any atom is 0.227 e. The highest BCUT2D eigenvalue weighted by atomic mass is 15.3. The fourth-order valence-electron chi connectivity index (χ4n) is 1.42. The molecule has 0 bridgehead atoms. The zero-order valence-corrected chi connectivity index (χ0v) is 9.94. The number of nitrogens with zero attached hydrogens (tertiary/aromatic N) is 3. The van der Waals surface area contributed by atoms with Crippen molar-refractivity contribution in [3.63, 3.8) is 0 Å². The molecule has 0 radical (unpaired) electrons. The fourth-order valence-corrected chi connectivity index (χ4v) is 1.42. The van der Waals surface area contributed by atoms with E-state index in [4.69, 9.17) is 5.73 Å². The van der Waals surface area contributed by atoms with Crippen LogP contribution in [-0.4, -0.2) is 22.6 Å². The summed E-state index contributed by atoms with van der Waals surface area (Å²) in [5, 5.41) is 0. The van der Waals surface area contributed by atoms with Crippen molar-refractivity contribution in [1.29, 1.82) is 0 Å². The fraction of sp³-hybridized carbons (Fsp3) is 0.636. The van der Waals surface area contributed by atoms with E-state index in [-0.39, 0.29) is 0 Å². The van der Waals surface area contributed by atoms with Gasteiger partial charge in [-0.15, -0.1) is 0 Å². The van der Waals surface area contributed by atoms with Gasteiger partial charge in [0.2, 0.25) is 5.95 Å². The second-order valence-corrected chi connectivity index (χ2v) is 4.42. The third-order valence-electron chi connectivity index (χ3n) is 2.11. The van der Waals surface area contributed by atoms with E-state index in [1.54, 1.807) is 12.3 Å². The Morgan fingerprint density at radius 1 is 1.33 bits per heavy atom. The summed E-state index contributed by atoms with van der Waals surface area (Å²) in [7, 11) is 0. The van der Waals surface area contributed by atoms with E-state index in [1.165, 1.54) is 0 Å². The Balaban J connectivity index is 2.88. The van der Waals surface area contributed by atoms with Gasteiger partial charge in [-0.2, -0.15) is 4.98 Å². The molecule has 1 rings (SSSR count). The van der Waals surface area contributed by atoms with Crippen molar-refractivity contribution < 1.29 is 0 Å². The van der Waals surface area contributed by atoms with E-state index in [9.17, 15) is 0 Å². The average molecular weight is 208 g/mol. The normalized spacial score (nSPS) is 11.1. The highest BCUT2D eigenvalue weighted by Gasteiger charge is 2.14. The predicted octanol–water partition coefficient (Wildman–Crippen LogP) is 1.93. The third-order valence-corrected chi connectivity index (χ3v) is 2.11. The molecular formula is C11H20N4. The van der Waals surface area contributed by atoms with Gasteiger partial charge >= 0.3 is 0 Å². The number of hydrogen-bond donors (Lipinski definition) is 1. The zero-order valence-electron chi connectivity index (χ0n) is 9.94. The van der Waals surface area contributed by atoms with Crippen LogP contribution in [0.3, 0.4) is 0 Å². The lowest BCUT2D eigenvalue weighted by Gasteiger charge is -2.28. The molecule has 1 heterocycles. The molecular weight excluding hydrogens is 188 g/mol. The van der Waals surface area contributed by atoms with Gasteiger partial charge in [-0.25, -0.2) is 4.98 Å². The first kappa shape index (κ1) is 11.8. The molecule has 15 heavy (non-hydrogen) atoms. The summed E-state index contributed by atoms with van der Waals surface area (Å²) in [6, 6.07) is 2.09. The van der Waals surface area contributed by atoms with Crippen LogP contribution in [0.4, 0.5) is 11.8 Å². The van der Waals surface area contributed by atoms with Gasteiger partial charge < -0.3 is 10.6 Å². The van der Waals surface area contributed by atoms with Crippen LogP contribution in [0.1, 0.15) is 27.7 Å². The van der Waals surface area contributed by atoms with E-state index in [0.717, 1.165) is 12.5 Å². The molecule has 0 unspecified atom stereocenters. The topological polar surface area (TPSA) is 55.0 Å². The largest absolute Gasteiger partial charge is 0.384 e. The lowest BCUT2D eigenvalue weighted by Crippen LogP contribution is -2.35. The van der Waals surface area contributed by atoms with Crippen LogP contribution in [0.15, 0.2) is 12.3 Å². The molecule has 0 aliphatic rings. The number of hydrogen-bond acceptors (Lipinski definition) is 4. The molecule has 0 aromatic carbocycles. The second-order valence-electron chi connectivity index (χ2n) is 4.42. The molecule has 4 heteroatoms. The molecule has 0 aliphatic heterocycles. The monoisotopic (exact) mass is 208 g/mol. The Morgan fingerprint density at radius 3 is 2.47 bits per heavy atom. The summed E-state index contributed by atoms with van der Waals surface area (Å²) in [5.74, 6) is 1.82. The Kier molecular flexibility index (Phi) is 3.88. The van der Waals surface area contributed by atoms with Crippen LogP contribution in [0.2, 0.25) is 0 Å². The molecule has 1 aromatic rings. The van der Waals surface area contributed by atoms with E-state index in [1.807, 2.05) is 0 Å². The maximum absolute atomic E-state index is 5.65. The lowest BCUT2D eigenvalue weighted by molar-refractivity contribution is 0.560. The van der Waals surface area contributed by atoms with Gasteiger partial charge in [-0.05, 0) is 25.8 Å². The maximum atomic E-state index is 5.65. The van der Waals surface area contributed by atoms with E-state index in [2.05, 4.69) is 42.6 Å². The quantitative estimate of drug-likeness (QED) is 0.821. The number of nitrogen functional groups attached to an aromatic ring is 1. The van der Waals surface area contributed by atoms with Gasteiger partial charge in [-0.1, -0.05) is 13.8 Å². The summed E-state index contributed by atoms with van der Waals surface area (Å²) < 4.78 is 0. The minimum Gasteiger partial charge on any atom is -0.384 e. The van der Waals surface area contributed by atoms with Crippen LogP contribution in [-0.2, 0) is 0 Å². The van der Waals surface area contributed by atoms with Gasteiger partial charge in [0.25, 0.3) is 0 Å². The van der Waals surface area contributed by atoms with Crippen molar-refractivity contribution in [1.82, 2.24) is 9.97 Å². The summed E-state index contributed by atoms with van der Waals surface area (Å²) >= 11 is 0. The summed E-state index contributed by atoms with van der Waals surface area (Å²) in [5.41, 5.74) is 5.65. The molecule has 84 valence electrons. The molecule has 0 atom stereocenters. The number of aromatic nitrogens is 2. The standard InChI is InChI=1S/C11H20N4/c1-8(2)7-15(9(3)4)11-13-6-5-10(12)14-11/h5-6,8-9H,7H2,1-4H3,(H2,12,13,14). The Morgan fingerprint density at radius 2 is 2.00 bits per heavy atom. The molecule has 1 aromatic heterocycles. The zero-order chi connectivity index (χ0) is 11.4. The van der Waals surface area contributed by atoms with Gasteiger partial charge in [0, 0.05) is 18.8 Å².